The number of rotatable bonds is 2. The number of hydrogen-bond acceptors (Lipinski definition) is 2. The number of aliphatic carboxylic acids is 1. The van der Waals surface area contributed by atoms with Crippen LogP contribution in [0.3, 0.4) is 0 Å². The Kier molecular flexibility index (Phi) is 4.32. The third kappa shape index (κ3) is 3.19. The zero-order chi connectivity index (χ0) is 14.0. The first kappa shape index (κ1) is 14.2. The van der Waals surface area contributed by atoms with Crippen LogP contribution in [0.5, 0.6) is 0 Å². The van der Waals surface area contributed by atoms with Gasteiger partial charge in [0, 0.05) is 32.1 Å². The van der Waals surface area contributed by atoms with E-state index >= 15 is 0 Å². The van der Waals surface area contributed by atoms with Gasteiger partial charge in [-0.3, -0.25) is 4.79 Å². The predicted octanol–water partition coefficient (Wildman–Crippen LogP) is 1.88. The molecule has 2 fully saturated rings. The van der Waals surface area contributed by atoms with Crippen LogP contribution in [0, 0.1) is 17.8 Å². The average Bonchev–Trinajstić information content (AvgIpc) is 2.51. The summed E-state index contributed by atoms with van der Waals surface area (Å²) in [4.78, 5) is 26.9. The van der Waals surface area contributed by atoms with Crippen molar-refractivity contribution in [2.75, 3.05) is 26.2 Å². The second kappa shape index (κ2) is 5.80. The van der Waals surface area contributed by atoms with Gasteiger partial charge in [0.1, 0.15) is 0 Å². The van der Waals surface area contributed by atoms with E-state index in [9.17, 15) is 9.59 Å². The van der Waals surface area contributed by atoms with Crippen molar-refractivity contribution in [2.24, 2.45) is 17.8 Å². The molecule has 2 aliphatic heterocycles. The lowest BCUT2D eigenvalue weighted by Crippen LogP contribution is -2.57. The fourth-order valence-electron chi connectivity index (χ4n) is 2.84. The lowest BCUT2D eigenvalue weighted by Gasteiger charge is -2.43. The monoisotopic (exact) mass is 268 g/mol. The molecule has 2 saturated heterocycles. The molecule has 0 aliphatic carbocycles. The van der Waals surface area contributed by atoms with Crippen molar-refractivity contribution in [3.8, 4) is 0 Å². The Labute approximate surface area is 114 Å². The van der Waals surface area contributed by atoms with Gasteiger partial charge in [-0.1, -0.05) is 13.8 Å². The van der Waals surface area contributed by atoms with E-state index in [0.717, 1.165) is 25.9 Å². The third-order valence-electron chi connectivity index (χ3n) is 4.56. The molecule has 0 aromatic carbocycles. The number of carboxylic acid groups (broad SMARTS) is 1. The van der Waals surface area contributed by atoms with Crippen LogP contribution in [0.15, 0.2) is 0 Å². The van der Waals surface area contributed by atoms with E-state index in [4.69, 9.17) is 5.11 Å². The molecule has 0 bridgehead atoms. The molecule has 2 aliphatic rings. The number of amides is 2. The van der Waals surface area contributed by atoms with E-state index < -0.39 is 5.97 Å². The van der Waals surface area contributed by atoms with Crippen LogP contribution in [0.25, 0.3) is 0 Å². The summed E-state index contributed by atoms with van der Waals surface area (Å²) in [5.41, 5.74) is 0. The summed E-state index contributed by atoms with van der Waals surface area (Å²) < 4.78 is 0. The third-order valence-corrected chi connectivity index (χ3v) is 4.56. The van der Waals surface area contributed by atoms with E-state index in [-0.39, 0.29) is 17.9 Å². The van der Waals surface area contributed by atoms with Gasteiger partial charge in [-0.05, 0) is 25.2 Å². The Morgan fingerprint density at radius 3 is 2.47 bits per heavy atom. The van der Waals surface area contributed by atoms with E-state index in [0.29, 0.717) is 19.0 Å². The highest BCUT2D eigenvalue weighted by molar-refractivity contribution is 5.76. The Bertz CT molecular complexity index is 353. The molecule has 1 N–H and O–H groups in total. The van der Waals surface area contributed by atoms with Gasteiger partial charge in [-0.15, -0.1) is 0 Å². The number of carbonyl (C=O) groups is 2. The van der Waals surface area contributed by atoms with Crippen LogP contribution in [-0.2, 0) is 4.79 Å². The quantitative estimate of drug-likeness (QED) is 0.832. The summed E-state index contributed by atoms with van der Waals surface area (Å²) in [5, 5.41) is 8.94. The van der Waals surface area contributed by atoms with E-state index in [2.05, 4.69) is 6.92 Å². The van der Waals surface area contributed by atoms with Crippen LogP contribution in [0.4, 0.5) is 4.79 Å². The van der Waals surface area contributed by atoms with Crippen molar-refractivity contribution in [1.82, 2.24) is 9.80 Å². The summed E-state index contributed by atoms with van der Waals surface area (Å²) in [5.74, 6) is -0.296. The molecule has 2 heterocycles. The summed E-state index contributed by atoms with van der Waals surface area (Å²) in [7, 11) is 0. The van der Waals surface area contributed by atoms with Gasteiger partial charge in [-0.2, -0.15) is 0 Å². The molecule has 0 saturated carbocycles. The van der Waals surface area contributed by atoms with Crippen LogP contribution in [-0.4, -0.2) is 53.1 Å². The minimum atomic E-state index is -0.763. The molecule has 0 aromatic heterocycles. The SMILES string of the molecule is CC1CCCN(C(=O)N2CC(C(C)C(=O)O)C2)CC1. The van der Waals surface area contributed by atoms with Gasteiger partial charge in [-0.25, -0.2) is 4.79 Å². The normalized spacial score (nSPS) is 26.5. The first-order valence-electron chi connectivity index (χ1n) is 7.25. The fourth-order valence-corrected chi connectivity index (χ4v) is 2.84. The standard InChI is InChI=1S/C14H24N2O3/c1-10-4-3-6-15(7-5-10)14(19)16-8-12(9-16)11(2)13(17)18/h10-12H,3-9H2,1-2H3,(H,17,18). The molecular formula is C14H24N2O3. The zero-order valence-corrected chi connectivity index (χ0v) is 11.8. The van der Waals surface area contributed by atoms with E-state index in [1.165, 1.54) is 6.42 Å². The van der Waals surface area contributed by atoms with Crippen molar-refractivity contribution in [1.29, 1.82) is 0 Å². The highest BCUT2D eigenvalue weighted by atomic mass is 16.4. The summed E-state index contributed by atoms with van der Waals surface area (Å²) in [6, 6.07) is 0.0999. The van der Waals surface area contributed by atoms with Crippen molar-refractivity contribution >= 4 is 12.0 Å². The molecule has 2 rings (SSSR count). The molecular weight excluding hydrogens is 244 g/mol. The maximum atomic E-state index is 12.3. The van der Waals surface area contributed by atoms with Crippen molar-refractivity contribution < 1.29 is 14.7 Å². The zero-order valence-electron chi connectivity index (χ0n) is 11.8. The summed E-state index contributed by atoms with van der Waals surface area (Å²) >= 11 is 0. The van der Waals surface area contributed by atoms with Gasteiger partial charge in [0.15, 0.2) is 0 Å². The highest BCUT2D eigenvalue weighted by Gasteiger charge is 2.38. The first-order valence-corrected chi connectivity index (χ1v) is 7.25. The molecule has 0 aromatic rings. The number of nitrogens with zero attached hydrogens (tertiary/aromatic N) is 2. The van der Waals surface area contributed by atoms with Gasteiger partial charge in [0.25, 0.3) is 0 Å². The molecule has 0 radical (unpaired) electrons. The number of carboxylic acids is 1. The maximum absolute atomic E-state index is 12.3. The van der Waals surface area contributed by atoms with Crippen LogP contribution < -0.4 is 0 Å². The van der Waals surface area contributed by atoms with Gasteiger partial charge in [0.2, 0.25) is 0 Å². The molecule has 2 unspecified atom stereocenters. The van der Waals surface area contributed by atoms with Gasteiger partial charge >= 0.3 is 12.0 Å². The lowest BCUT2D eigenvalue weighted by atomic mass is 9.87. The average molecular weight is 268 g/mol. The van der Waals surface area contributed by atoms with Crippen molar-refractivity contribution in [3.63, 3.8) is 0 Å². The Hall–Kier alpha value is -1.26. The Morgan fingerprint density at radius 2 is 1.84 bits per heavy atom. The highest BCUT2D eigenvalue weighted by Crippen LogP contribution is 2.26. The smallest absolute Gasteiger partial charge is 0.320 e. The second-order valence-corrected chi connectivity index (χ2v) is 6.10. The fraction of sp³-hybridized carbons (Fsp3) is 0.857. The molecule has 19 heavy (non-hydrogen) atoms. The van der Waals surface area contributed by atoms with Crippen LogP contribution in [0.2, 0.25) is 0 Å². The van der Waals surface area contributed by atoms with Gasteiger partial charge < -0.3 is 14.9 Å². The summed E-state index contributed by atoms with van der Waals surface area (Å²) in [6.07, 6.45) is 3.35. The topological polar surface area (TPSA) is 60.9 Å². The maximum Gasteiger partial charge on any atom is 0.320 e. The molecule has 0 spiro atoms. The van der Waals surface area contributed by atoms with Crippen molar-refractivity contribution in [3.05, 3.63) is 0 Å². The number of hydrogen-bond donors (Lipinski definition) is 1. The van der Waals surface area contributed by atoms with Crippen molar-refractivity contribution in [2.45, 2.75) is 33.1 Å². The molecule has 2 amide bonds. The predicted molar refractivity (Wildman–Crippen MR) is 71.8 cm³/mol. The Morgan fingerprint density at radius 1 is 1.16 bits per heavy atom. The first-order chi connectivity index (χ1) is 8.99. The van der Waals surface area contributed by atoms with Crippen LogP contribution >= 0.6 is 0 Å². The molecule has 2 atom stereocenters. The largest absolute Gasteiger partial charge is 0.481 e. The molecule has 5 heteroatoms. The second-order valence-electron chi connectivity index (χ2n) is 6.10. The van der Waals surface area contributed by atoms with E-state index in [1.54, 1.807) is 11.8 Å². The van der Waals surface area contributed by atoms with Crippen LogP contribution in [0.1, 0.15) is 33.1 Å². The minimum Gasteiger partial charge on any atom is -0.481 e. The summed E-state index contributed by atoms with van der Waals surface area (Å²) in [6.45, 7) is 6.84. The molecule has 108 valence electrons. The minimum absolute atomic E-state index is 0.0999. The number of likely N-dealkylation sites (tertiary alicyclic amines) is 2. The number of carbonyl (C=O) groups excluding carboxylic acids is 1. The van der Waals surface area contributed by atoms with Gasteiger partial charge in [0.05, 0.1) is 5.92 Å². The Balaban J connectivity index is 1.81. The molecule has 5 nitrogen and oxygen atoms in total. The van der Waals surface area contributed by atoms with E-state index in [1.807, 2.05) is 4.90 Å². The number of urea groups is 1. The lowest BCUT2D eigenvalue weighted by molar-refractivity contribution is -0.144.